The molecule has 0 aromatic heterocycles. The third-order valence-electron chi connectivity index (χ3n) is 4.11. The lowest BCUT2D eigenvalue weighted by molar-refractivity contribution is -0.131. The van der Waals surface area contributed by atoms with E-state index in [0.717, 1.165) is 31.5 Å². The first-order valence-corrected chi connectivity index (χ1v) is 7.34. The average Bonchev–Trinajstić information content (AvgIpc) is 2.55. The molecule has 1 aromatic rings. The maximum absolute atomic E-state index is 12.5. The van der Waals surface area contributed by atoms with Crippen LogP contribution >= 0.6 is 0 Å². The molecular formula is C16H24N2O3. The molecule has 1 N–H and O–H groups in total. The molecule has 5 heteroatoms. The van der Waals surface area contributed by atoms with Crippen LogP contribution in [0.2, 0.25) is 0 Å². The first kappa shape index (κ1) is 15.6. The van der Waals surface area contributed by atoms with Gasteiger partial charge in [0.2, 0.25) is 5.91 Å². The van der Waals surface area contributed by atoms with Crippen molar-refractivity contribution in [2.45, 2.75) is 25.3 Å². The number of benzene rings is 1. The van der Waals surface area contributed by atoms with Gasteiger partial charge in [-0.1, -0.05) is 6.07 Å². The minimum Gasteiger partial charge on any atom is -0.496 e. The second kappa shape index (κ2) is 7.31. The predicted octanol–water partition coefficient (Wildman–Crippen LogP) is 1.46. The Kier molecular flexibility index (Phi) is 5.44. The number of rotatable bonds is 5. The predicted molar refractivity (Wildman–Crippen MR) is 81.9 cm³/mol. The van der Waals surface area contributed by atoms with E-state index in [1.54, 1.807) is 14.2 Å². The molecule has 21 heavy (non-hydrogen) atoms. The Hall–Kier alpha value is -1.75. The van der Waals surface area contributed by atoms with E-state index < -0.39 is 0 Å². The lowest BCUT2D eigenvalue weighted by atomic mass is 10.0. The van der Waals surface area contributed by atoms with Gasteiger partial charge < -0.3 is 19.7 Å². The quantitative estimate of drug-likeness (QED) is 0.892. The van der Waals surface area contributed by atoms with Gasteiger partial charge in [0, 0.05) is 24.7 Å². The van der Waals surface area contributed by atoms with Crippen molar-refractivity contribution in [1.29, 1.82) is 0 Å². The number of nitrogens with one attached hydrogen (secondary N) is 1. The summed E-state index contributed by atoms with van der Waals surface area (Å²) in [7, 11) is 5.20. The third-order valence-corrected chi connectivity index (χ3v) is 4.11. The number of piperidine rings is 1. The lowest BCUT2D eigenvalue weighted by Crippen LogP contribution is -2.44. The second-order valence-corrected chi connectivity index (χ2v) is 5.26. The number of likely N-dealkylation sites (tertiary alicyclic amines) is 1. The van der Waals surface area contributed by atoms with E-state index in [-0.39, 0.29) is 5.91 Å². The number of ether oxygens (including phenoxy) is 2. The zero-order valence-electron chi connectivity index (χ0n) is 13.0. The highest BCUT2D eigenvalue weighted by molar-refractivity contribution is 5.80. The summed E-state index contributed by atoms with van der Waals surface area (Å²) in [6.07, 6.45) is 2.33. The van der Waals surface area contributed by atoms with Crippen molar-refractivity contribution in [3.05, 3.63) is 23.8 Å². The van der Waals surface area contributed by atoms with E-state index in [2.05, 4.69) is 5.32 Å². The maximum atomic E-state index is 12.5. The Morgan fingerprint density at radius 3 is 2.29 bits per heavy atom. The van der Waals surface area contributed by atoms with Gasteiger partial charge in [-0.05, 0) is 32.0 Å². The van der Waals surface area contributed by atoms with Gasteiger partial charge in [0.25, 0.3) is 0 Å². The number of methoxy groups -OCH3 is 2. The van der Waals surface area contributed by atoms with Crippen molar-refractivity contribution in [3.8, 4) is 11.5 Å². The van der Waals surface area contributed by atoms with E-state index >= 15 is 0 Å². The number of nitrogens with zero attached hydrogens (tertiary/aromatic N) is 1. The van der Waals surface area contributed by atoms with Crippen molar-refractivity contribution >= 4 is 5.91 Å². The number of carbonyl (C=O) groups is 1. The minimum atomic E-state index is 0.132. The van der Waals surface area contributed by atoms with E-state index in [4.69, 9.17) is 9.47 Å². The van der Waals surface area contributed by atoms with Crippen LogP contribution in [0.15, 0.2) is 18.2 Å². The smallest absolute Gasteiger partial charge is 0.227 e. The van der Waals surface area contributed by atoms with Crippen LogP contribution in [-0.4, -0.2) is 51.2 Å². The van der Waals surface area contributed by atoms with Crippen LogP contribution in [0.4, 0.5) is 0 Å². The topological polar surface area (TPSA) is 50.8 Å². The van der Waals surface area contributed by atoms with Crippen LogP contribution in [0, 0.1) is 0 Å². The molecule has 1 amide bonds. The van der Waals surface area contributed by atoms with Crippen molar-refractivity contribution in [2.75, 3.05) is 34.4 Å². The van der Waals surface area contributed by atoms with Crippen molar-refractivity contribution < 1.29 is 14.3 Å². The molecular weight excluding hydrogens is 268 g/mol. The van der Waals surface area contributed by atoms with E-state index in [1.807, 2.05) is 30.1 Å². The lowest BCUT2D eigenvalue weighted by Gasteiger charge is -2.32. The molecule has 1 heterocycles. The molecule has 0 spiro atoms. The zero-order valence-corrected chi connectivity index (χ0v) is 13.0. The highest BCUT2D eigenvalue weighted by Crippen LogP contribution is 2.29. The summed E-state index contributed by atoms with van der Waals surface area (Å²) in [5.74, 6) is 1.54. The summed E-state index contributed by atoms with van der Waals surface area (Å²) in [6.45, 7) is 1.61. The summed E-state index contributed by atoms with van der Waals surface area (Å²) >= 11 is 0. The first-order chi connectivity index (χ1) is 10.2. The molecule has 0 radical (unpaired) electrons. The van der Waals surface area contributed by atoms with E-state index in [1.165, 1.54) is 0 Å². The van der Waals surface area contributed by atoms with Crippen molar-refractivity contribution in [2.24, 2.45) is 0 Å². The molecule has 1 aromatic carbocycles. The van der Waals surface area contributed by atoms with Crippen LogP contribution < -0.4 is 14.8 Å². The molecule has 1 aliphatic rings. The molecule has 0 saturated carbocycles. The summed E-state index contributed by atoms with van der Waals surface area (Å²) in [4.78, 5) is 14.4. The van der Waals surface area contributed by atoms with Crippen molar-refractivity contribution in [3.63, 3.8) is 0 Å². The Morgan fingerprint density at radius 2 is 1.81 bits per heavy atom. The second-order valence-electron chi connectivity index (χ2n) is 5.26. The Morgan fingerprint density at radius 1 is 1.24 bits per heavy atom. The summed E-state index contributed by atoms with van der Waals surface area (Å²) in [5, 5.41) is 3.27. The molecule has 2 rings (SSSR count). The van der Waals surface area contributed by atoms with Gasteiger partial charge >= 0.3 is 0 Å². The SMILES string of the molecule is CNC1CCN(C(=O)Cc2c(OC)cccc2OC)CC1. The Balaban J connectivity index is 2.06. The minimum absolute atomic E-state index is 0.132. The fraction of sp³-hybridized carbons (Fsp3) is 0.562. The number of hydrogen-bond donors (Lipinski definition) is 1. The molecule has 0 unspecified atom stereocenters. The highest BCUT2D eigenvalue weighted by Gasteiger charge is 2.23. The van der Waals surface area contributed by atoms with Crippen molar-refractivity contribution in [1.82, 2.24) is 10.2 Å². The van der Waals surface area contributed by atoms with Crippen LogP contribution in [-0.2, 0) is 11.2 Å². The Labute approximate surface area is 126 Å². The van der Waals surface area contributed by atoms with Crippen LogP contribution in [0.5, 0.6) is 11.5 Å². The van der Waals surface area contributed by atoms with Crippen LogP contribution in [0.3, 0.4) is 0 Å². The van der Waals surface area contributed by atoms with E-state index in [9.17, 15) is 4.79 Å². The molecule has 1 fully saturated rings. The van der Waals surface area contributed by atoms with Crippen LogP contribution in [0.1, 0.15) is 18.4 Å². The van der Waals surface area contributed by atoms with E-state index in [0.29, 0.717) is 24.0 Å². The van der Waals surface area contributed by atoms with Gasteiger partial charge in [-0.2, -0.15) is 0 Å². The summed E-state index contributed by atoms with van der Waals surface area (Å²) in [6, 6.07) is 6.11. The highest BCUT2D eigenvalue weighted by atomic mass is 16.5. The molecule has 1 saturated heterocycles. The number of carbonyl (C=O) groups excluding carboxylic acids is 1. The Bertz CT molecular complexity index is 460. The molecule has 116 valence electrons. The molecule has 5 nitrogen and oxygen atoms in total. The van der Waals surface area contributed by atoms with Gasteiger partial charge in [-0.25, -0.2) is 0 Å². The van der Waals surface area contributed by atoms with Gasteiger partial charge in [-0.3, -0.25) is 4.79 Å². The number of amides is 1. The fourth-order valence-electron chi connectivity index (χ4n) is 2.78. The monoisotopic (exact) mass is 292 g/mol. The zero-order chi connectivity index (χ0) is 15.2. The third kappa shape index (κ3) is 3.67. The summed E-state index contributed by atoms with van der Waals surface area (Å²) < 4.78 is 10.7. The van der Waals surface area contributed by atoms with Crippen LogP contribution in [0.25, 0.3) is 0 Å². The maximum Gasteiger partial charge on any atom is 0.227 e. The molecule has 0 aliphatic carbocycles. The van der Waals surface area contributed by atoms with Gasteiger partial charge in [0.15, 0.2) is 0 Å². The normalized spacial score (nSPS) is 15.9. The largest absolute Gasteiger partial charge is 0.496 e. The molecule has 1 aliphatic heterocycles. The number of hydrogen-bond acceptors (Lipinski definition) is 4. The fourth-order valence-corrected chi connectivity index (χ4v) is 2.78. The van der Waals surface area contributed by atoms with Gasteiger partial charge in [0.1, 0.15) is 11.5 Å². The first-order valence-electron chi connectivity index (χ1n) is 7.34. The van der Waals surface area contributed by atoms with Gasteiger partial charge in [0.05, 0.1) is 20.6 Å². The standard InChI is InChI=1S/C16H24N2O3/c1-17-12-7-9-18(10-8-12)16(19)11-13-14(20-2)5-4-6-15(13)21-3/h4-6,12,17H,7-11H2,1-3H3. The molecule has 0 bridgehead atoms. The molecule has 0 atom stereocenters. The van der Waals surface area contributed by atoms with Gasteiger partial charge in [-0.15, -0.1) is 0 Å². The summed E-state index contributed by atoms with van der Waals surface area (Å²) in [5.41, 5.74) is 0.822. The average molecular weight is 292 g/mol.